The normalized spacial score (nSPS) is 16.2. The van der Waals surface area contributed by atoms with Gasteiger partial charge in [-0.2, -0.15) is 24.9 Å². The Morgan fingerprint density at radius 3 is 2.55 bits per heavy atom. The van der Waals surface area contributed by atoms with Gasteiger partial charge in [0.25, 0.3) is 0 Å². The minimum atomic E-state index is -4.59. The molecule has 0 bridgehead atoms. The summed E-state index contributed by atoms with van der Waals surface area (Å²) < 4.78 is 72.3. The van der Waals surface area contributed by atoms with Gasteiger partial charge in [-0.3, -0.25) is 4.79 Å². The largest absolute Gasteiger partial charge is 0.416 e. The quantitative estimate of drug-likeness (QED) is 0.531. The molecule has 12 heteroatoms. The lowest BCUT2D eigenvalue weighted by molar-refractivity contribution is -0.138. The Kier molecular flexibility index (Phi) is 9.46. The van der Waals surface area contributed by atoms with E-state index in [1.54, 1.807) is 6.07 Å². The number of anilines is 1. The highest BCUT2D eigenvalue weighted by Gasteiger charge is 2.34. The van der Waals surface area contributed by atoms with Gasteiger partial charge in [0.1, 0.15) is 6.04 Å². The predicted molar refractivity (Wildman–Crippen MR) is 116 cm³/mol. The fraction of sp³-hybridized carbons (Fsp3) is 0.632. The van der Waals surface area contributed by atoms with E-state index < -0.39 is 33.7 Å². The van der Waals surface area contributed by atoms with Crippen LogP contribution in [-0.4, -0.2) is 64.4 Å². The third-order valence-electron chi connectivity index (χ3n) is 4.86. The number of rotatable bonds is 10. The summed E-state index contributed by atoms with van der Waals surface area (Å²) in [6, 6.07) is 2.98. The van der Waals surface area contributed by atoms with Crippen molar-refractivity contribution in [2.75, 3.05) is 49.0 Å². The van der Waals surface area contributed by atoms with Crippen LogP contribution in [0, 0.1) is 0 Å². The number of sulfonamides is 1. The van der Waals surface area contributed by atoms with Crippen molar-refractivity contribution in [1.82, 2.24) is 10.0 Å². The number of halogens is 3. The first kappa shape index (κ1) is 25.8. The summed E-state index contributed by atoms with van der Waals surface area (Å²) in [7, 11) is -3.64. The predicted octanol–water partition coefficient (Wildman–Crippen LogP) is 2.22. The average Bonchev–Trinajstić information content (AvgIpc) is 2.74. The van der Waals surface area contributed by atoms with E-state index in [0.717, 1.165) is 6.07 Å². The molecule has 176 valence electrons. The minimum absolute atomic E-state index is 0.0835. The second-order valence-electron chi connectivity index (χ2n) is 7.01. The van der Waals surface area contributed by atoms with Gasteiger partial charge in [0.05, 0.1) is 24.5 Å². The van der Waals surface area contributed by atoms with E-state index in [1.807, 2.05) is 11.2 Å². The molecule has 0 saturated carbocycles. The van der Waals surface area contributed by atoms with E-state index in [0.29, 0.717) is 37.7 Å². The molecule has 1 fully saturated rings. The Labute approximate surface area is 185 Å². The van der Waals surface area contributed by atoms with Crippen LogP contribution in [0.1, 0.15) is 24.5 Å². The van der Waals surface area contributed by atoms with Crippen LogP contribution in [0.4, 0.5) is 18.9 Å². The van der Waals surface area contributed by atoms with Crippen molar-refractivity contribution in [2.24, 2.45) is 0 Å². The van der Waals surface area contributed by atoms with Crippen molar-refractivity contribution in [3.63, 3.8) is 0 Å². The Bertz CT molecular complexity index is 844. The summed E-state index contributed by atoms with van der Waals surface area (Å²) in [5, 5.41) is 2.46. The Balaban J connectivity index is 2.16. The molecule has 1 aromatic carbocycles. The standard InChI is InChI=1S/C19H28F3N3O4S2/c1-3-31(27,28)24-17(6-11-30-2)18(26)23-13-14-4-5-15(12-16(14)19(20,21)22)25-7-9-29-10-8-25/h4-5,12,17,24H,3,6-11,13H2,1-2H3,(H,23,26). The molecule has 1 heterocycles. The van der Waals surface area contributed by atoms with Gasteiger partial charge in [-0.15, -0.1) is 0 Å². The number of alkyl halides is 3. The number of ether oxygens (including phenoxy) is 1. The van der Waals surface area contributed by atoms with E-state index in [9.17, 15) is 26.4 Å². The molecule has 1 atom stereocenters. The number of hydrogen-bond acceptors (Lipinski definition) is 6. The average molecular weight is 484 g/mol. The smallest absolute Gasteiger partial charge is 0.378 e. The third kappa shape index (κ3) is 7.85. The van der Waals surface area contributed by atoms with Crippen molar-refractivity contribution in [2.45, 2.75) is 32.1 Å². The minimum Gasteiger partial charge on any atom is -0.378 e. The van der Waals surface area contributed by atoms with Crippen LogP contribution in [0.5, 0.6) is 0 Å². The monoisotopic (exact) mass is 483 g/mol. The first-order valence-electron chi connectivity index (χ1n) is 9.87. The molecule has 0 spiro atoms. The molecule has 1 saturated heterocycles. The molecule has 1 amide bonds. The number of hydrogen-bond donors (Lipinski definition) is 2. The van der Waals surface area contributed by atoms with Crippen LogP contribution in [0.2, 0.25) is 0 Å². The number of thioether (sulfide) groups is 1. The lowest BCUT2D eigenvalue weighted by Gasteiger charge is -2.29. The zero-order valence-electron chi connectivity index (χ0n) is 17.5. The number of benzene rings is 1. The van der Waals surface area contributed by atoms with Gasteiger partial charge < -0.3 is 15.0 Å². The number of morpholine rings is 1. The molecule has 1 unspecified atom stereocenters. The van der Waals surface area contributed by atoms with Gasteiger partial charge in [0.2, 0.25) is 15.9 Å². The lowest BCUT2D eigenvalue weighted by atomic mass is 10.0. The van der Waals surface area contributed by atoms with E-state index in [4.69, 9.17) is 4.74 Å². The number of amides is 1. The number of carbonyl (C=O) groups is 1. The highest BCUT2D eigenvalue weighted by molar-refractivity contribution is 7.98. The molecule has 1 aliphatic rings. The maximum atomic E-state index is 13.7. The molecule has 0 radical (unpaired) electrons. The first-order valence-corrected chi connectivity index (χ1v) is 12.9. The summed E-state index contributed by atoms with van der Waals surface area (Å²) in [6.45, 7) is 2.98. The summed E-state index contributed by atoms with van der Waals surface area (Å²) in [5.41, 5.74) is -0.467. The third-order valence-corrected chi connectivity index (χ3v) is 6.90. The van der Waals surface area contributed by atoms with E-state index in [1.165, 1.54) is 24.8 Å². The fourth-order valence-electron chi connectivity index (χ4n) is 3.09. The van der Waals surface area contributed by atoms with Crippen LogP contribution in [0.15, 0.2) is 18.2 Å². The van der Waals surface area contributed by atoms with Crippen LogP contribution in [0.25, 0.3) is 0 Å². The van der Waals surface area contributed by atoms with Gasteiger partial charge in [-0.1, -0.05) is 6.07 Å². The van der Waals surface area contributed by atoms with Gasteiger partial charge in [-0.05, 0) is 43.0 Å². The van der Waals surface area contributed by atoms with Gasteiger partial charge >= 0.3 is 6.18 Å². The van der Waals surface area contributed by atoms with E-state index in [2.05, 4.69) is 10.0 Å². The van der Waals surface area contributed by atoms with Crippen LogP contribution < -0.4 is 14.9 Å². The van der Waals surface area contributed by atoms with Crippen molar-refractivity contribution >= 4 is 33.4 Å². The second kappa shape index (κ2) is 11.4. The van der Waals surface area contributed by atoms with E-state index in [-0.39, 0.29) is 24.3 Å². The highest BCUT2D eigenvalue weighted by Crippen LogP contribution is 2.35. The zero-order chi connectivity index (χ0) is 23.1. The summed E-state index contributed by atoms with van der Waals surface area (Å²) in [5.74, 6) is -0.333. The van der Waals surface area contributed by atoms with Crippen molar-refractivity contribution in [3.8, 4) is 0 Å². The van der Waals surface area contributed by atoms with E-state index >= 15 is 0 Å². The van der Waals surface area contributed by atoms with Gasteiger partial charge in [-0.25, -0.2) is 13.1 Å². The molecule has 2 rings (SSSR count). The maximum Gasteiger partial charge on any atom is 0.416 e. The van der Waals surface area contributed by atoms with Crippen LogP contribution in [0.3, 0.4) is 0 Å². The van der Waals surface area contributed by atoms with Crippen LogP contribution in [-0.2, 0) is 32.3 Å². The Morgan fingerprint density at radius 1 is 1.29 bits per heavy atom. The summed E-state index contributed by atoms with van der Waals surface area (Å²) >= 11 is 1.44. The number of nitrogens with zero attached hydrogens (tertiary/aromatic N) is 1. The zero-order valence-corrected chi connectivity index (χ0v) is 19.1. The second-order valence-corrected chi connectivity index (χ2v) is 10.0. The SMILES string of the molecule is CCS(=O)(=O)NC(CCSC)C(=O)NCc1ccc(N2CCOCC2)cc1C(F)(F)F. The molecular weight excluding hydrogens is 455 g/mol. The summed E-state index contributed by atoms with van der Waals surface area (Å²) in [6.07, 6.45) is -2.55. The first-order chi connectivity index (χ1) is 14.6. The maximum absolute atomic E-state index is 13.7. The number of nitrogens with one attached hydrogen (secondary N) is 2. The van der Waals surface area contributed by atoms with Crippen molar-refractivity contribution in [1.29, 1.82) is 0 Å². The van der Waals surface area contributed by atoms with Gasteiger partial charge in [0.15, 0.2) is 0 Å². The van der Waals surface area contributed by atoms with Crippen molar-refractivity contribution < 1.29 is 31.1 Å². The van der Waals surface area contributed by atoms with Gasteiger partial charge in [0, 0.05) is 25.3 Å². The molecule has 31 heavy (non-hydrogen) atoms. The molecule has 0 aromatic heterocycles. The van der Waals surface area contributed by atoms with Crippen molar-refractivity contribution in [3.05, 3.63) is 29.3 Å². The fourth-order valence-corrected chi connectivity index (χ4v) is 4.38. The molecule has 2 N–H and O–H groups in total. The molecule has 0 aliphatic carbocycles. The Hall–Kier alpha value is -1.50. The summed E-state index contributed by atoms with van der Waals surface area (Å²) in [4.78, 5) is 14.4. The molecular formula is C19H28F3N3O4S2. The topological polar surface area (TPSA) is 87.7 Å². The lowest BCUT2D eigenvalue weighted by Crippen LogP contribution is -2.47. The molecule has 1 aliphatic heterocycles. The molecule has 7 nitrogen and oxygen atoms in total. The Morgan fingerprint density at radius 2 is 1.97 bits per heavy atom. The van der Waals surface area contributed by atoms with Crippen LogP contribution >= 0.6 is 11.8 Å². The number of carbonyl (C=O) groups excluding carboxylic acids is 1. The highest BCUT2D eigenvalue weighted by atomic mass is 32.2. The molecule has 1 aromatic rings.